The topological polar surface area (TPSA) is 41.6 Å². The van der Waals surface area contributed by atoms with E-state index in [1.54, 1.807) is 0 Å². The number of hydrogen-bond acceptors (Lipinski definition) is 4. The Morgan fingerprint density at radius 2 is 2.15 bits per heavy atom. The molecule has 0 unspecified atom stereocenters. The van der Waals surface area contributed by atoms with Gasteiger partial charge in [-0.25, -0.2) is 0 Å². The second-order valence-corrected chi connectivity index (χ2v) is 3.26. The van der Waals surface area contributed by atoms with Crippen LogP contribution in [-0.4, -0.2) is 43.8 Å². The molecule has 4 heteroatoms. The van der Waals surface area contributed by atoms with Crippen LogP contribution in [0.3, 0.4) is 0 Å². The Morgan fingerprint density at radius 1 is 1.46 bits per heavy atom. The number of piperazine rings is 1. The van der Waals surface area contributed by atoms with Gasteiger partial charge in [-0.2, -0.15) is 0 Å². The minimum atomic E-state index is -0.0824. The fourth-order valence-corrected chi connectivity index (χ4v) is 1.28. The predicted octanol–water partition coefficient (Wildman–Crippen LogP) is 0.192. The van der Waals surface area contributed by atoms with Gasteiger partial charge < -0.3 is 10.1 Å². The third kappa shape index (κ3) is 4.24. The summed E-state index contributed by atoms with van der Waals surface area (Å²) >= 11 is 0. The number of hydrogen-bond donors (Lipinski definition) is 1. The molecule has 1 rings (SSSR count). The standard InChI is InChI=1S/C9H18N2O2/c1-2-3-9(12)13-8-11-6-4-10-5-7-11/h10H,2-8H2,1H3. The molecule has 0 bridgehead atoms. The molecular weight excluding hydrogens is 168 g/mol. The van der Waals surface area contributed by atoms with Crippen LogP contribution >= 0.6 is 0 Å². The second kappa shape index (κ2) is 5.94. The van der Waals surface area contributed by atoms with Gasteiger partial charge in [0.2, 0.25) is 0 Å². The lowest BCUT2D eigenvalue weighted by Gasteiger charge is -2.26. The van der Waals surface area contributed by atoms with E-state index in [1.165, 1.54) is 0 Å². The quantitative estimate of drug-likeness (QED) is 0.636. The van der Waals surface area contributed by atoms with Crippen molar-refractivity contribution in [2.45, 2.75) is 19.8 Å². The Morgan fingerprint density at radius 3 is 2.77 bits per heavy atom. The second-order valence-electron chi connectivity index (χ2n) is 3.26. The molecule has 0 radical (unpaired) electrons. The molecule has 0 saturated carbocycles. The normalized spacial score (nSPS) is 18.5. The predicted molar refractivity (Wildman–Crippen MR) is 50.3 cm³/mol. The lowest BCUT2D eigenvalue weighted by molar-refractivity contribution is -0.148. The number of esters is 1. The van der Waals surface area contributed by atoms with Gasteiger partial charge in [0.1, 0.15) is 6.73 Å². The number of rotatable bonds is 4. The highest BCUT2D eigenvalue weighted by Gasteiger charge is 2.10. The van der Waals surface area contributed by atoms with Crippen molar-refractivity contribution in [1.82, 2.24) is 10.2 Å². The zero-order valence-corrected chi connectivity index (χ0v) is 8.21. The van der Waals surface area contributed by atoms with E-state index >= 15 is 0 Å². The molecule has 0 amide bonds. The number of ether oxygens (including phenoxy) is 1. The molecule has 76 valence electrons. The highest BCUT2D eigenvalue weighted by molar-refractivity contribution is 5.69. The summed E-state index contributed by atoms with van der Waals surface area (Å²) in [6, 6.07) is 0. The van der Waals surface area contributed by atoms with Crippen molar-refractivity contribution in [2.24, 2.45) is 0 Å². The average Bonchev–Trinajstić information content (AvgIpc) is 2.17. The van der Waals surface area contributed by atoms with Crippen LogP contribution in [0.15, 0.2) is 0 Å². The first-order valence-electron chi connectivity index (χ1n) is 4.91. The molecular formula is C9H18N2O2. The first kappa shape index (κ1) is 10.5. The number of nitrogens with one attached hydrogen (secondary N) is 1. The highest BCUT2D eigenvalue weighted by Crippen LogP contribution is 1.95. The summed E-state index contributed by atoms with van der Waals surface area (Å²) < 4.78 is 5.08. The molecule has 0 aromatic heterocycles. The zero-order valence-electron chi connectivity index (χ0n) is 8.21. The minimum Gasteiger partial charge on any atom is -0.449 e. The maximum absolute atomic E-state index is 11.0. The van der Waals surface area contributed by atoms with Gasteiger partial charge in [-0.3, -0.25) is 9.69 Å². The van der Waals surface area contributed by atoms with Gasteiger partial charge >= 0.3 is 5.97 Å². The molecule has 1 saturated heterocycles. The Bertz CT molecular complexity index is 156. The molecule has 13 heavy (non-hydrogen) atoms. The van der Waals surface area contributed by atoms with E-state index in [9.17, 15) is 4.79 Å². The van der Waals surface area contributed by atoms with Gasteiger partial charge in [-0.15, -0.1) is 0 Å². The summed E-state index contributed by atoms with van der Waals surface area (Å²) in [6.07, 6.45) is 1.40. The molecule has 1 aliphatic rings. The summed E-state index contributed by atoms with van der Waals surface area (Å²) in [6.45, 7) is 6.36. The van der Waals surface area contributed by atoms with Crippen molar-refractivity contribution in [1.29, 1.82) is 0 Å². The van der Waals surface area contributed by atoms with Crippen molar-refractivity contribution in [3.05, 3.63) is 0 Å². The number of carbonyl (C=O) groups excluding carboxylic acids is 1. The number of nitrogens with zero attached hydrogens (tertiary/aromatic N) is 1. The molecule has 1 fully saturated rings. The zero-order chi connectivity index (χ0) is 9.52. The monoisotopic (exact) mass is 186 g/mol. The third-order valence-electron chi connectivity index (χ3n) is 2.07. The van der Waals surface area contributed by atoms with E-state index in [0.717, 1.165) is 32.6 Å². The van der Waals surface area contributed by atoms with Crippen LogP contribution in [0.2, 0.25) is 0 Å². The van der Waals surface area contributed by atoms with E-state index in [0.29, 0.717) is 13.2 Å². The van der Waals surface area contributed by atoms with Gasteiger partial charge in [-0.05, 0) is 6.42 Å². The Labute approximate surface area is 79.2 Å². The molecule has 0 aliphatic carbocycles. The first-order valence-corrected chi connectivity index (χ1v) is 4.91. The van der Waals surface area contributed by atoms with Crippen LogP contribution in [0.5, 0.6) is 0 Å². The lowest BCUT2D eigenvalue weighted by Crippen LogP contribution is -2.44. The lowest BCUT2D eigenvalue weighted by atomic mass is 10.3. The van der Waals surface area contributed by atoms with Crippen LogP contribution in [0.1, 0.15) is 19.8 Å². The van der Waals surface area contributed by atoms with Crippen LogP contribution in [0.25, 0.3) is 0 Å². The van der Waals surface area contributed by atoms with E-state index in [1.807, 2.05) is 6.92 Å². The van der Waals surface area contributed by atoms with Gasteiger partial charge in [0.15, 0.2) is 0 Å². The summed E-state index contributed by atoms with van der Waals surface area (Å²) in [5.41, 5.74) is 0. The first-order chi connectivity index (χ1) is 6.33. The number of carbonyl (C=O) groups is 1. The summed E-state index contributed by atoms with van der Waals surface area (Å²) in [7, 11) is 0. The van der Waals surface area contributed by atoms with Gasteiger partial charge in [0.05, 0.1) is 0 Å². The minimum absolute atomic E-state index is 0.0824. The molecule has 1 heterocycles. The largest absolute Gasteiger partial charge is 0.449 e. The van der Waals surface area contributed by atoms with E-state index < -0.39 is 0 Å². The van der Waals surface area contributed by atoms with Crippen molar-refractivity contribution < 1.29 is 9.53 Å². The smallest absolute Gasteiger partial charge is 0.307 e. The van der Waals surface area contributed by atoms with Gasteiger partial charge in [0.25, 0.3) is 0 Å². The van der Waals surface area contributed by atoms with Crippen LogP contribution in [0.4, 0.5) is 0 Å². The molecule has 0 aromatic carbocycles. The van der Waals surface area contributed by atoms with Gasteiger partial charge in [0, 0.05) is 32.6 Å². The van der Waals surface area contributed by atoms with Crippen molar-refractivity contribution in [2.75, 3.05) is 32.9 Å². The summed E-state index contributed by atoms with van der Waals surface area (Å²) in [4.78, 5) is 13.2. The highest BCUT2D eigenvalue weighted by atomic mass is 16.5. The van der Waals surface area contributed by atoms with E-state index in [2.05, 4.69) is 10.2 Å². The van der Waals surface area contributed by atoms with Crippen molar-refractivity contribution in [3.63, 3.8) is 0 Å². The molecule has 1 N–H and O–H groups in total. The average molecular weight is 186 g/mol. The molecule has 1 aliphatic heterocycles. The van der Waals surface area contributed by atoms with Gasteiger partial charge in [-0.1, -0.05) is 6.92 Å². The Kier molecular flexibility index (Phi) is 4.78. The molecule has 0 spiro atoms. The van der Waals surface area contributed by atoms with Crippen LogP contribution in [0, 0.1) is 0 Å². The van der Waals surface area contributed by atoms with Crippen LogP contribution < -0.4 is 5.32 Å². The molecule has 0 aromatic rings. The molecule has 4 nitrogen and oxygen atoms in total. The Hall–Kier alpha value is -0.610. The van der Waals surface area contributed by atoms with Crippen molar-refractivity contribution in [3.8, 4) is 0 Å². The van der Waals surface area contributed by atoms with E-state index in [4.69, 9.17) is 4.74 Å². The van der Waals surface area contributed by atoms with Crippen molar-refractivity contribution >= 4 is 5.97 Å². The SMILES string of the molecule is CCCC(=O)OCN1CCNCC1. The summed E-state index contributed by atoms with van der Waals surface area (Å²) in [5.74, 6) is -0.0824. The van der Waals surface area contributed by atoms with E-state index in [-0.39, 0.29) is 5.97 Å². The fraction of sp³-hybridized carbons (Fsp3) is 0.889. The fourth-order valence-electron chi connectivity index (χ4n) is 1.28. The molecule has 0 atom stereocenters. The Balaban J connectivity index is 2.06. The third-order valence-corrected chi connectivity index (χ3v) is 2.07. The van der Waals surface area contributed by atoms with Crippen LogP contribution in [-0.2, 0) is 9.53 Å². The maximum Gasteiger partial charge on any atom is 0.307 e. The summed E-state index contributed by atoms with van der Waals surface area (Å²) in [5, 5.41) is 3.25. The maximum atomic E-state index is 11.0.